The van der Waals surface area contributed by atoms with E-state index in [2.05, 4.69) is 15.0 Å². The summed E-state index contributed by atoms with van der Waals surface area (Å²) in [5.41, 5.74) is -0.970. The van der Waals surface area contributed by atoms with Crippen LogP contribution in [-0.2, 0) is 4.74 Å². The average Bonchev–Trinajstić information content (AvgIpc) is 2.81. The summed E-state index contributed by atoms with van der Waals surface area (Å²) >= 11 is 6.04. The van der Waals surface area contributed by atoms with E-state index in [0.717, 1.165) is 0 Å². The second-order valence-electron chi connectivity index (χ2n) is 10.6. The lowest BCUT2D eigenvalue weighted by molar-refractivity contribution is -0.0592. The molecule has 0 saturated heterocycles. The van der Waals surface area contributed by atoms with Crippen LogP contribution in [0.2, 0.25) is 5.15 Å². The molecule has 1 atom stereocenters. The van der Waals surface area contributed by atoms with E-state index in [1.54, 1.807) is 46.7 Å². The molecule has 1 amide bonds. The van der Waals surface area contributed by atoms with Gasteiger partial charge in [0.15, 0.2) is 17.6 Å². The summed E-state index contributed by atoms with van der Waals surface area (Å²) in [6.45, 7) is 7.76. The number of hydrogen-bond donors (Lipinski definition) is 0. The van der Waals surface area contributed by atoms with Gasteiger partial charge in [0.1, 0.15) is 22.3 Å². The topological polar surface area (TPSA) is 93.2 Å². The van der Waals surface area contributed by atoms with E-state index in [4.69, 9.17) is 25.8 Å². The summed E-state index contributed by atoms with van der Waals surface area (Å²) < 4.78 is 60.4. The van der Waals surface area contributed by atoms with Gasteiger partial charge in [-0.2, -0.15) is 15.0 Å². The van der Waals surface area contributed by atoms with E-state index in [-0.39, 0.29) is 41.8 Å². The van der Waals surface area contributed by atoms with Crippen molar-refractivity contribution in [2.45, 2.75) is 58.7 Å². The minimum atomic E-state index is -3.22. The normalized spacial score (nSPS) is 13.0. The minimum absolute atomic E-state index is 0.0161. The first-order chi connectivity index (χ1) is 17.9. The lowest BCUT2D eigenvalue weighted by atomic mass is 10.2. The molecule has 0 saturated carbocycles. The smallest absolute Gasteiger partial charge is 0.410 e. The maximum Gasteiger partial charge on any atom is 0.410 e. The van der Waals surface area contributed by atoms with Gasteiger partial charge in [-0.15, -0.1) is 0 Å². The maximum absolute atomic E-state index is 15.2. The Morgan fingerprint density at radius 1 is 1.08 bits per heavy atom. The fourth-order valence-electron chi connectivity index (χ4n) is 3.29. The van der Waals surface area contributed by atoms with E-state index in [0.29, 0.717) is 6.42 Å². The first kappa shape index (κ1) is 32.4. The maximum atomic E-state index is 15.2. The summed E-state index contributed by atoms with van der Waals surface area (Å²) in [6, 6.07) is -0.473. The fourth-order valence-corrected chi connectivity index (χ4v) is 3.46. The molecule has 0 spiro atoms. The molecule has 0 aliphatic heterocycles. The molecule has 2 heterocycles. The highest BCUT2D eigenvalue weighted by molar-refractivity contribution is 6.30. The number of anilines is 1. The van der Waals surface area contributed by atoms with E-state index in [1.807, 2.05) is 6.92 Å². The lowest BCUT2D eigenvalue weighted by Gasteiger charge is -2.27. The molecule has 0 bridgehead atoms. The number of hydrogen-bond acceptors (Lipinski definition) is 9. The molecule has 0 aliphatic rings. The molecule has 14 heteroatoms. The molecule has 2 rings (SSSR count). The molecule has 0 aliphatic carbocycles. The Balaban J connectivity index is 2.52. The first-order valence-electron chi connectivity index (χ1n) is 12.5. The van der Waals surface area contributed by atoms with Crippen LogP contribution in [0.4, 0.5) is 23.8 Å². The van der Waals surface area contributed by atoms with Gasteiger partial charge in [-0.25, -0.2) is 18.0 Å². The van der Waals surface area contributed by atoms with E-state index in [1.165, 1.54) is 23.9 Å². The van der Waals surface area contributed by atoms with Crippen molar-refractivity contribution in [3.05, 3.63) is 11.0 Å². The van der Waals surface area contributed by atoms with Crippen LogP contribution in [0, 0.1) is 5.82 Å². The third kappa shape index (κ3) is 9.41. The SMILES string of the molecule is CCC(C)Oc1nc(Cl)c(F)c2nc(OCC(F)(F)CN(C)C)nc(N(C)CCN(C)C(=O)OC(C)(C)C)c12. The van der Waals surface area contributed by atoms with E-state index < -0.39 is 47.7 Å². The van der Waals surface area contributed by atoms with Gasteiger partial charge in [-0.1, -0.05) is 18.5 Å². The number of carbonyl (C=O) groups is 1. The summed E-state index contributed by atoms with van der Waals surface area (Å²) in [5, 5.41) is -0.409. The number of fused-ring (bicyclic) bond motifs is 1. The summed E-state index contributed by atoms with van der Waals surface area (Å²) in [6.07, 6.45) is -0.220. The van der Waals surface area contributed by atoms with Crippen LogP contribution in [0.25, 0.3) is 10.9 Å². The standard InChI is InChI=1S/C25H38ClF3N6O4/c1-10-15(2)38-21-16-18(17(27)19(26)31-21)30-22(37-14-25(28,29)13-33(6)7)32-20(16)34(8)11-12-35(9)23(36)39-24(3,4)5/h15H,10-14H2,1-9H3. The summed E-state index contributed by atoms with van der Waals surface area (Å²) in [7, 11) is 6.21. The summed E-state index contributed by atoms with van der Waals surface area (Å²) in [5.74, 6) is -4.11. The van der Waals surface area contributed by atoms with Gasteiger partial charge in [0.05, 0.1) is 12.6 Å². The molecule has 10 nitrogen and oxygen atoms in total. The predicted molar refractivity (Wildman–Crippen MR) is 144 cm³/mol. The van der Waals surface area contributed by atoms with Crippen LogP contribution >= 0.6 is 11.6 Å². The van der Waals surface area contributed by atoms with Crippen molar-refractivity contribution in [1.82, 2.24) is 24.8 Å². The van der Waals surface area contributed by atoms with Gasteiger partial charge in [0.25, 0.3) is 5.92 Å². The molecule has 1 unspecified atom stereocenters. The van der Waals surface area contributed by atoms with Crippen molar-refractivity contribution in [3.8, 4) is 11.9 Å². The van der Waals surface area contributed by atoms with Gasteiger partial charge >= 0.3 is 12.1 Å². The number of ether oxygens (including phenoxy) is 3. The quantitative estimate of drug-likeness (QED) is 0.327. The Labute approximate surface area is 232 Å². The van der Waals surface area contributed by atoms with Gasteiger partial charge in [-0.3, -0.25) is 0 Å². The lowest BCUT2D eigenvalue weighted by Crippen LogP contribution is -2.39. The van der Waals surface area contributed by atoms with E-state index >= 15 is 4.39 Å². The molecule has 0 radical (unpaired) electrons. The van der Waals surface area contributed by atoms with Crippen molar-refractivity contribution < 1.29 is 32.2 Å². The second-order valence-corrected chi connectivity index (χ2v) is 11.0. The fraction of sp³-hybridized carbons (Fsp3) is 0.680. The molecule has 2 aromatic rings. The number of alkyl halides is 2. The van der Waals surface area contributed by atoms with Crippen molar-refractivity contribution in [2.75, 3.05) is 59.3 Å². The molecular weight excluding hydrogens is 541 g/mol. The molecule has 0 aromatic carbocycles. The third-order valence-electron chi connectivity index (χ3n) is 5.36. The predicted octanol–water partition coefficient (Wildman–Crippen LogP) is 4.87. The highest BCUT2D eigenvalue weighted by Crippen LogP contribution is 2.37. The zero-order chi connectivity index (χ0) is 29.7. The highest BCUT2D eigenvalue weighted by Gasteiger charge is 2.32. The first-order valence-corrected chi connectivity index (χ1v) is 12.9. The monoisotopic (exact) mass is 578 g/mol. The Morgan fingerprint density at radius 2 is 1.72 bits per heavy atom. The number of pyridine rings is 1. The Kier molecular flexibility index (Phi) is 10.8. The van der Waals surface area contributed by atoms with Gasteiger partial charge < -0.3 is 28.9 Å². The molecule has 0 N–H and O–H groups in total. The van der Waals surface area contributed by atoms with Crippen LogP contribution in [0.1, 0.15) is 41.0 Å². The van der Waals surface area contributed by atoms with Crippen LogP contribution in [-0.4, -0.2) is 103 Å². The van der Waals surface area contributed by atoms with Gasteiger partial charge in [0.2, 0.25) is 5.88 Å². The zero-order valence-corrected chi connectivity index (χ0v) is 24.7. The molecule has 2 aromatic heterocycles. The number of aromatic nitrogens is 3. The number of likely N-dealkylation sites (N-methyl/N-ethyl adjacent to an activating group) is 2. The molecule has 39 heavy (non-hydrogen) atoms. The Morgan fingerprint density at radius 3 is 2.28 bits per heavy atom. The van der Waals surface area contributed by atoms with E-state index in [9.17, 15) is 13.6 Å². The van der Waals surface area contributed by atoms with Crippen molar-refractivity contribution in [1.29, 1.82) is 0 Å². The van der Waals surface area contributed by atoms with Gasteiger partial charge in [0, 0.05) is 27.2 Å². The Hall–Kier alpha value is -2.80. The average molecular weight is 579 g/mol. The van der Waals surface area contributed by atoms with Crippen molar-refractivity contribution in [2.24, 2.45) is 0 Å². The minimum Gasteiger partial charge on any atom is -0.474 e. The van der Waals surface area contributed by atoms with Crippen molar-refractivity contribution in [3.63, 3.8) is 0 Å². The molecule has 220 valence electrons. The van der Waals surface area contributed by atoms with Gasteiger partial charge in [-0.05, 0) is 48.2 Å². The Bertz CT molecular complexity index is 1150. The second kappa shape index (κ2) is 13.0. The van der Waals surface area contributed by atoms with Crippen LogP contribution in [0.15, 0.2) is 0 Å². The number of halogens is 4. The molecular formula is C25H38ClF3N6O4. The largest absolute Gasteiger partial charge is 0.474 e. The number of rotatable bonds is 12. The number of amides is 1. The van der Waals surface area contributed by atoms with Crippen molar-refractivity contribution >= 4 is 34.4 Å². The van der Waals surface area contributed by atoms with Crippen LogP contribution in [0.3, 0.4) is 0 Å². The van der Waals surface area contributed by atoms with Crippen LogP contribution in [0.5, 0.6) is 11.9 Å². The number of nitrogens with zero attached hydrogens (tertiary/aromatic N) is 6. The third-order valence-corrected chi connectivity index (χ3v) is 5.61. The summed E-state index contributed by atoms with van der Waals surface area (Å²) in [4.78, 5) is 29.1. The number of carbonyl (C=O) groups excluding carboxylic acids is 1. The van der Waals surface area contributed by atoms with Crippen LogP contribution < -0.4 is 14.4 Å². The molecule has 0 fully saturated rings. The highest BCUT2D eigenvalue weighted by atomic mass is 35.5. The zero-order valence-electron chi connectivity index (χ0n) is 23.9.